The van der Waals surface area contributed by atoms with Gasteiger partial charge < -0.3 is 19.9 Å². The third kappa shape index (κ3) is 7.72. The molecule has 2 N–H and O–H groups in total. The number of hydrogen-bond acceptors (Lipinski definition) is 4. The van der Waals surface area contributed by atoms with Gasteiger partial charge in [-0.25, -0.2) is 0 Å². The molecular formula is C14H18F3NO4. The number of rotatable bonds is 9. The Morgan fingerprint density at radius 1 is 1.27 bits per heavy atom. The van der Waals surface area contributed by atoms with Crippen LogP contribution < -0.4 is 14.8 Å². The fraction of sp³-hybridized carbons (Fsp3) is 0.500. The lowest BCUT2D eigenvalue weighted by Gasteiger charge is -2.15. The van der Waals surface area contributed by atoms with Gasteiger partial charge in [-0.1, -0.05) is 12.1 Å². The average molecular weight is 321 g/mol. The van der Waals surface area contributed by atoms with Gasteiger partial charge in [0, 0.05) is 12.6 Å². The van der Waals surface area contributed by atoms with Crippen molar-refractivity contribution in [3.63, 3.8) is 0 Å². The van der Waals surface area contributed by atoms with Crippen LogP contribution in [0.4, 0.5) is 13.2 Å². The summed E-state index contributed by atoms with van der Waals surface area (Å²) >= 11 is 0. The predicted octanol–water partition coefficient (Wildman–Crippen LogP) is 2.46. The van der Waals surface area contributed by atoms with Gasteiger partial charge in [0.1, 0.15) is 6.61 Å². The van der Waals surface area contributed by atoms with E-state index in [0.717, 1.165) is 0 Å². The molecule has 0 saturated carbocycles. The molecule has 0 fully saturated rings. The summed E-state index contributed by atoms with van der Waals surface area (Å²) in [6.45, 7) is 0.869. The van der Waals surface area contributed by atoms with E-state index >= 15 is 0 Å². The summed E-state index contributed by atoms with van der Waals surface area (Å²) < 4.78 is 46.5. The third-order valence-corrected chi connectivity index (χ3v) is 2.57. The van der Waals surface area contributed by atoms with Crippen LogP contribution in [0.2, 0.25) is 0 Å². The van der Waals surface area contributed by atoms with Crippen LogP contribution in [0.1, 0.15) is 13.3 Å². The quantitative estimate of drug-likeness (QED) is 0.684. The van der Waals surface area contributed by atoms with Crippen LogP contribution in [0.15, 0.2) is 24.3 Å². The van der Waals surface area contributed by atoms with Crippen LogP contribution in [-0.4, -0.2) is 43.1 Å². The van der Waals surface area contributed by atoms with E-state index in [1.54, 1.807) is 19.1 Å². The van der Waals surface area contributed by atoms with Gasteiger partial charge in [0.15, 0.2) is 18.1 Å². The highest BCUT2D eigenvalue weighted by Gasteiger charge is 2.28. The predicted molar refractivity (Wildman–Crippen MR) is 73.2 cm³/mol. The summed E-state index contributed by atoms with van der Waals surface area (Å²) in [7, 11) is 0. The topological polar surface area (TPSA) is 67.8 Å². The summed E-state index contributed by atoms with van der Waals surface area (Å²) in [5, 5.41) is 11.5. The van der Waals surface area contributed by atoms with Crippen LogP contribution in [0.3, 0.4) is 0 Å². The molecule has 1 aromatic rings. The number of alkyl halides is 3. The van der Waals surface area contributed by atoms with Gasteiger partial charge in [-0.3, -0.25) is 4.79 Å². The Hall–Kier alpha value is -1.96. The van der Waals surface area contributed by atoms with E-state index in [1.165, 1.54) is 12.1 Å². The van der Waals surface area contributed by atoms with Crippen LogP contribution >= 0.6 is 0 Å². The van der Waals surface area contributed by atoms with Crippen molar-refractivity contribution in [1.82, 2.24) is 5.32 Å². The van der Waals surface area contributed by atoms with Crippen molar-refractivity contribution in [2.24, 2.45) is 0 Å². The van der Waals surface area contributed by atoms with Crippen molar-refractivity contribution in [2.45, 2.75) is 25.6 Å². The number of carbonyl (C=O) groups is 1. The van der Waals surface area contributed by atoms with Gasteiger partial charge in [0.2, 0.25) is 0 Å². The molecule has 0 heterocycles. The van der Waals surface area contributed by atoms with Gasteiger partial charge in [0.25, 0.3) is 0 Å². The first kappa shape index (κ1) is 18.1. The van der Waals surface area contributed by atoms with Crippen LogP contribution in [0.5, 0.6) is 11.5 Å². The van der Waals surface area contributed by atoms with Crippen molar-refractivity contribution in [3.8, 4) is 11.5 Å². The zero-order valence-electron chi connectivity index (χ0n) is 12.0. The minimum Gasteiger partial charge on any atom is -0.488 e. The molecule has 0 bridgehead atoms. The highest BCUT2D eigenvalue weighted by Crippen LogP contribution is 2.28. The first-order valence-corrected chi connectivity index (χ1v) is 6.64. The average Bonchev–Trinajstić information content (AvgIpc) is 2.40. The maximum atomic E-state index is 12.1. The van der Waals surface area contributed by atoms with Crippen molar-refractivity contribution in [2.75, 3.05) is 19.8 Å². The maximum Gasteiger partial charge on any atom is 0.422 e. The lowest BCUT2D eigenvalue weighted by atomic mass is 10.2. The van der Waals surface area contributed by atoms with Crippen molar-refractivity contribution >= 4 is 5.97 Å². The minimum absolute atomic E-state index is 0.0124. The number of carboxylic acid groups (broad SMARTS) is 1. The van der Waals surface area contributed by atoms with Gasteiger partial charge >= 0.3 is 12.1 Å². The number of nitrogens with one attached hydrogen (secondary N) is 1. The highest BCUT2D eigenvalue weighted by atomic mass is 19.4. The van der Waals surface area contributed by atoms with E-state index in [1.807, 2.05) is 0 Å². The molecule has 1 aromatic carbocycles. The lowest BCUT2D eigenvalue weighted by molar-refractivity contribution is -0.153. The number of carboxylic acids is 1. The Balaban J connectivity index is 2.41. The molecule has 0 amide bonds. The summed E-state index contributed by atoms with van der Waals surface area (Å²) in [4.78, 5) is 10.5. The van der Waals surface area contributed by atoms with Crippen molar-refractivity contribution in [3.05, 3.63) is 24.3 Å². The molecule has 124 valence electrons. The number of ether oxygens (including phenoxy) is 2. The molecule has 1 rings (SSSR count). The third-order valence-electron chi connectivity index (χ3n) is 2.57. The first-order valence-electron chi connectivity index (χ1n) is 6.64. The zero-order chi connectivity index (χ0) is 16.6. The van der Waals surface area contributed by atoms with Crippen molar-refractivity contribution in [1.29, 1.82) is 0 Å². The Morgan fingerprint density at radius 2 is 1.86 bits per heavy atom. The molecule has 22 heavy (non-hydrogen) atoms. The zero-order valence-corrected chi connectivity index (χ0v) is 12.0. The fourth-order valence-corrected chi connectivity index (χ4v) is 1.65. The molecule has 0 aliphatic carbocycles. The van der Waals surface area contributed by atoms with E-state index in [-0.39, 0.29) is 30.6 Å². The van der Waals surface area contributed by atoms with E-state index in [0.29, 0.717) is 6.54 Å². The Kier molecular flexibility index (Phi) is 6.97. The normalized spacial score (nSPS) is 12.7. The lowest BCUT2D eigenvalue weighted by Crippen LogP contribution is -2.32. The van der Waals surface area contributed by atoms with E-state index in [4.69, 9.17) is 9.84 Å². The van der Waals surface area contributed by atoms with Crippen molar-refractivity contribution < 1.29 is 32.5 Å². The molecule has 0 aliphatic rings. The Labute approximate surface area is 126 Å². The minimum atomic E-state index is -4.42. The van der Waals surface area contributed by atoms with Crippen LogP contribution in [-0.2, 0) is 4.79 Å². The second-order valence-corrected chi connectivity index (χ2v) is 4.65. The largest absolute Gasteiger partial charge is 0.488 e. The molecule has 0 unspecified atom stereocenters. The van der Waals surface area contributed by atoms with E-state index in [2.05, 4.69) is 10.1 Å². The van der Waals surface area contributed by atoms with Gasteiger partial charge in [-0.2, -0.15) is 13.2 Å². The molecule has 1 atom stereocenters. The molecule has 0 radical (unpaired) electrons. The molecule has 0 aliphatic heterocycles. The monoisotopic (exact) mass is 321 g/mol. The van der Waals surface area contributed by atoms with E-state index < -0.39 is 18.8 Å². The maximum absolute atomic E-state index is 12.1. The number of para-hydroxylation sites is 2. The first-order chi connectivity index (χ1) is 10.3. The molecule has 0 saturated heterocycles. The summed E-state index contributed by atoms with van der Waals surface area (Å²) in [6.07, 6.45) is -4.44. The SMILES string of the molecule is C[C@H](CC(=O)O)NCCOc1ccccc1OCC(F)(F)F. The van der Waals surface area contributed by atoms with E-state index in [9.17, 15) is 18.0 Å². The summed E-state index contributed by atoms with van der Waals surface area (Å²) in [6, 6.07) is 5.84. The Morgan fingerprint density at radius 3 is 2.41 bits per heavy atom. The number of halogens is 3. The number of aliphatic carboxylic acids is 1. The summed E-state index contributed by atoms with van der Waals surface area (Å²) in [5.41, 5.74) is 0. The number of benzene rings is 1. The summed E-state index contributed by atoms with van der Waals surface area (Å²) in [5.74, 6) is -0.690. The van der Waals surface area contributed by atoms with Gasteiger partial charge in [0.05, 0.1) is 6.42 Å². The fourth-order valence-electron chi connectivity index (χ4n) is 1.65. The second-order valence-electron chi connectivity index (χ2n) is 4.65. The molecule has 5 nitrogen and oxygen atoms in total. The highest BCUT2D eigenvalue weighted by molar-refractivity contribution is 5.67. The van der Waals surface area contributed by atoms with Crippen LogP contribution in [0, 0.1) is 0 Å². The van der Waals surface area contributed by atoms with Gasteiger partial charge in [-0.05, 0) is 19.1 Å². The molecule has 0 spiro atoms. The molecule has 0 aromatic heterocycles. The smallest absolute Gasteiger partial charge is 0.422 e. The molecule has 8 heteroatoms. The Bertz CT molecular complexity index is 479. The van der Waals surface area contributed by atoms with Gasteiger partial charge in [-0.15, -0.1) is 0 Å². The van der Waals surface area contributed by atoms with Crippen LogP contribution in [0.25, 0.3) is 0 Å². The standard InChI is InChI=1S/C14H18F3NO4/c1-10(8-13(19)20)18-6-7-21-11-4-2-3-5-12(11)22-9-14(15,16)17/h2-5,10,18H,6-9H2,1H3,(H,19,20)/t10-/m1/s1. The second kappa shape index (κ2) is 8.47. The molecular weight excluding hydrogens is 303 g/mol. The number of hydrogen-bond donors (Lipinski definition) is 2.